The molecule has 0 atom stereocenters. The number of hydrogen-bond donors (Lipinski definition) is 2. The maximum absolute atomic E-state index is 10.4. The van der Waals surface area contributed by atoms with E-state index in [1.807, 2.05) is 8.25 Å². The molecule has 0 spiro atoms. The van der Waals surface area contributed by atoms with Gasteiger partial charge in [-0.05, 0) is 0 Å². The Hall–Kier alpha value is 0.480. The van der Waals surface area contributed by atoms with Gasteiger partial charge in [-0.25, -0.2) is 20.5 Å². The Morgan fingerprint density at radius 3 is 1.46 bits per heavy atom. The number of sulfonamides is 2. The molecule has 0 saturated carbocycles. The summed E-state index contributed by atoms with van der Waals surface area (Å²) in [5, 5.41) is 0. The van der Waals surface area contributed by atoms with E-state index in [0.29, 0.717) is 24.5 Å². The predicted molar refractivity (Wildman–Crippen MR) is 52.2 cm³/mol. The average molecular weight is 268 g/mol. The SMILES string of the molecule is CS(=O)(=O)NSOSNS(C)(=O)=O. The third-order valence-corrected chi connectivity index (χ3v) is 3.95. The summed E-state index contributed by atoms with van der Waals surface area (Å²) in [6.07, 6.45) is 1.88. The average Bonchev–Trinajstić information content (AvgIpc) is 1.81. The van der Waals surface area contributed by atoms with Crippen molar-refractivity contribution in [1.82, 2.24) is 8.25 Å². The Morgan fingerprint density at radius 1 is 0.923 bits per heavy atom. The molecule has 0 aromatic carbocycles. The van der Waals surface area contributed by atoms with E-state index in [1.54, 1.807) is 0 Å². The summed E-state index contributed by atoms with van der Waals surface area (Å²) in [4.78, 5) is 0. The van der Waals surface area contributed by atoms with Gasteiger partial charge >= 0.3 is 0 Å². The highest BCUT2D eigenvalue weighted by Gasteiger charge is 2.03. The van der Waals surface area contributed by atoms with Crippen molar-refractivity contribution < 1.29 is 20.5 Å². The molecule has 0 radical (unpaired) electrons. The van der Waals surface area contributed by atoms with E-state index in [2.05, 4.69) is 3.63 Å². The Balaban J connectivity index is 3.50. The van der Waals surface area contributed by atoms with Gasteiger partial charge in [0.15, 0.2) is 0 Å². The normalized spacial score (nSPS) is 13.1. The van der Waals surface area contributed by atoms with Crippen LogP contribution < -0.4 is 8.25 Å². The van der Waals surface area contributed by atoms with Gasteiger partial charge in [-0.15, -0.1) is 8.25 Å². The highest BCUT2D eigenvalue weighted by atomic mass is 32.3. The molecule has 0 fully saturated rings. The minimum atomic E-state index is -3.34. The molecule has 0 unspecified atom stereocenters. The van der Waals surface area contributed by atoms with Crippen molar-refractivity contribution in [3.8, 4) is 0 Å². The van der Waals surface area contributed by atoms with E-state index in [0.717, 1.165) is 12.5 Å². The first kappa shape index (κ1) is 13.5. The summed E-state index contributed by atoms with van der Waals surface area (Å²) in [6, 6.07) is 0. The first-order valence-electron chi connectivity index (χ1n) is 2.63. The van der Waals surface area contributed by atoms with Crippen LogP contribution in [0.5, 0.6) is 0 Å². The number of rotatable bonds is 6. The molecule has 0 bridgehead atoms. The molecule has 0 aromatic heterocycles. The standard InChI is InChI=1S/C2H8N2O5S4/c1-12(5,6)3-10-9-11-4-13(2,7)8/h3-4H,1-2H3. The molecule has 0 aliphatic carbocycles. The van der Waals surface area contributed by atoms with Gasteiger partial charge in [-0.2, -0.15) is 0 Å². The lowest BCUT2D eigenvalue weighted by Crippen LogP contribution is -2.16. The van der Waals surface area contributed by atoms with Crippen molar-refractivity contribution in [2.45, 2.75) is 0 Å². The topological polar surface area (TPSA) is 102 Å². The Labute approximate surface area is 85.8 Å². The quantitative estimate of drug-likeness (QED) is 0.370. The molecule has 13 heavy (non-hydrogen) atoms. The van der Waals surface area contributed by atoms with Crippen molar-refractivity contribution in [3.63, 3.8) is 0 Å². The summed E-state index contributed by atoms with van der Waals surface area (Å²) in [5.74, 6) is 0. The zero-order valence-corrected chi connectivity index (χ0v) is 9.94. The molecule has 80 valence electrons. The first-order chi connectivity index (χ1) is 5.71. The first-order valence-corrected chi connectivity index (χ1v) is 7.90. The maximum Gasteiger partial charge on any atom is 0.219 e. The lowest BCUT2D eigenvalue weighted by molar-refractivity contribution is 0.598. The molecule has 11 heteroatoms. The molecule has 0 aliphatic rings. The molecule has 7 nitrogen and oxygen atoms in total. The molecular weight excluding hydrogens is 260 g/mol. The molecule has 0 amide bonds. The van der Waals surface area contributed by atoms with Crippen LogP contribution >= 0.6 is 24.5 Å². The number of hydrogen-bond acceptors (Lipinski definition) is 7. The molecule has 0 rings (SSSR count). The van der Waals surface area contributed by atoms with Gasteiger partial charge in [0.25, 0.3) is 0 Å². The molecule has 0 aliphatic heterocycles. The minimum Gasteiger partial charge on any atom is -0.213 e. The Kier molecular flexibility index (Phi) is 5.58. The van der Waals surface area contributed by atoms with Crippen molar-refractivity contribution >= 4 is 44.5 Å². The van der Waals surface area contributed by atoms with E-state index in [-0.39, 0.29) is 0 Å². The molecule has 0 aromatic rings. The van der Waals surface area contributed by atoms with Crippen molar-refractivity contribution in [2.24, 2.45) is 0 Å². The predicted octanol–water partition coefficient (Wildman–Crippen LogP) is -0.772. The van der Waals surface area contributed by atoms with Crippen LogP contribution in [0.2, 0.25) is 0 Å². The smallest absolute Gasteiger partial charge is 0.213 e. The van der Waals surface area contributed by atoms with E-state index >= 15 is 0 Å². The summed E-state index contributed by atoms with van der Waals surface area (Å²) in [7, 11) is -6.69. The van der Waals surface area contributed by atoms with E-state index in [9.17, 15) is 16.8 Å². The fourth-order valence-electron chi connectivity index (χ4n) is 0.168. The van der Waals surface area contributed by atoms with E-state index < -0.39 is 20.0 Å². The highest BCUT2D eigenvalue weighted by molar-refractivity contribution is 8.14. The van der Waals surface area contributed by atoms with Crippen LogP contribution in [0.25, 0.3) is 0 Å². The lowest BCUT2D eigenvalue weighted by Gasteiger charge is -2.00. The molecular formula is C2H8N2O5S4. The summed E-state index contributed by atoms with van der Waals surface area (Å²) in [5.41, 5.74) is 0. The van der Waals surface area contributed by atoms with E-state index in [4.69, 9.17) is 0 Å². The zero-order chi connectivity index (χ0) is 10.5. The van der Waals surface area contributed by atoms with Gasteiger partial charge in [0.2, 0.25) is 20.0 Å². The zero-order valence-electron chi connectivity index (χ0n) is 6.67. The van der Waals surface area contributed by atoms with Gasteiger partial charge in [-0.3, -0.25) is 0 Å². The third kappa shape index (κ3) is 12.5. The lowest BCUT2D eigenvalue weighted by atomic mass is 12.0. The molecule has 2 N–H and O–H groups in total. The Bertz CT molecular complexity index is 298. The highest BCUT2D eigenvalue weighted by Crippen LogP contribution is 2.09. The van der Waals surface area contributed by atoms with Crippen LogP contribution in [-0.2, 0) is 23.7 Å². The van der Waals surface area contributed by atoms with Crippen LogP contribution in [0.1, 0.15) is 0 Å². The van der Waals surface area contributed by atoms with Gasteiger partial charge in [0, 0.05) is 0 Å². The van der Waals surface area contributed by atoms with Gasteiger partial charge in [0.1, 0.15) is 24.5 Å². The van der Waals surface area contributed by atoms with E-state index in [1.165, 1.54) is 0 Å². The fraction of sp³-hybridized carbons (Fsp3) is 1.00. The van der Waals surface area contributed by atoms with Crippen molar-refractivity contribution in [3.05, 3.63) is 0 Å². The molecule has 0 saturated heterocycles. The van der Waals surface area contributed by atoms with Gasteiger partial charge in [-0.1, -0.05) is 0 Å². The van der Waals surface area contributed by atoms with Crippen LogP contribution in [-0.4, -0.2) is 29.3 Å². The monoisotopic (exact) mass is 268 g/mol. The second kappa shape index (κ2) is 5.38. The van der Waals surface area contributed by atoms with Gasteiger partial charge < -0.3 is 0 Å². The summed E-state index contributed by atoms with van der Waals surface area (Å²) < 4.78 is 50.0. The van der Waals surface area contributed by atoms with Crippen molar-refractivity contribution in [1.29, 1.82) is 0 Å². The van der Waals surface area contributed by atoms with Gasteiger partial charge in [0.05, 0.1) is 12.5 Å². The summed E-state index contributed by atoms with van der Waals surface area (Å²) >= 11 is 0.798. The molecule has 0 heterocycles. The minimum absolute atomic E-state index is 0.399. The summed E-state index contributed by atoms with van der Waals surface area (Å²) in [6.45, 7) is 0. The largest absolute Gasteiger partial charge is 0.219 e. The van der Waals surface area contributed by atoms with Crippen molar-refractivity contribution in [2.75, 3.05) is 12.5 Å². The second-order valence-electron chi connectivity index (χ2n) is 1.95. The van der Waals surface area contributed by atoms with Crippen LogP contribution in [0.15, 0.2) is 0 Å². The number of nitrogens with one attached hydrogen (secondary N) is 2. The Morgan fingerprint density at radius 2 is 1.23 bits per heavy atom. The fourth-order valence-corrected chi connectivity index (χ4v) is 2.02. The van der Waals surface area contributed by atoms with Crippen LogP contribution in [0.4, 0.5) is 0 Å². The van der Waals surface area contributed by atoms with Crippen LogP contribution in [0, 0.1) is 0 Å². The maximum atomic E-state index is 10.4. The van der Waals surface area contributed by atoms with Crippen LogP contribution in [0.3, 0.4) is 0 Å². The second-order valence-corrected chi connectivity index (χ2v) is 7.25. The third-order valence-electron chi connectivity index (χ3n) is 0.439.